The van der Waals surface area contributed by atoms with Crippen LogP contribution in [-0.4, -0.2) is 38.0 Å². The number of amides is 1. The van der Waals surface area contributed by atoms with Gasteiger partial charge in [-0.1, -0.05) is 0 Å². The Hall–Kier alpha value is -2.24. The summed E-state index contributed by atoms with van der Waals surface area (Å²) in [6.07, 6.45) is -2.13. The van der Waals surface area contributed by atoms with Crippen LogP contribution < -0.4 is 16.0 Å². The van der Waals surface area contributed by atoms with Gasteiger partial charge in [-0.25, -0.2) is 0 Å². The quantitative estimate of drug-likeness (QED) is 0.214. The molecule has 0 atom stereocenters. The Bertz CT molecular complexity index is 763. The van der Waals surface area contributed by atoms with E-state index in [9.17, 15) is 18.0 Å². The summed E-state index contributed by atoms with van der Waals surface area (Å²) in [5.74, 6) is 1.02. The molecule has 0 aliphatic heterocycles. The minimum Gasteiger partial charge on any atom is -0.469 e. The van der Waals surface area contributed by atoms with E-state index >= 15 is 0 Å². The second-order valence-corrected chi connectivity index (χ2v) is 5.85. The van der Waals surface area contributed by atoms with Crippen LogP contribution in [0.1, 0.15) is 28.6 Å². The van der Waals surface area contributed by atoms with Crippen LogP contribution in [0.5, 0.6) is 0 Å². The van der Waals surface area contributed by atoms with Crippen molar-refractivity contribution in [2.75, 3.05) is 26.2 Å². The molecule has 160 valence electrons. The van der Waals surface area contributed by atoms with Crippen molar-refractivity contribution < 1.29 is 22.4 Å². The summed E-state index contributed by atoms with van der Waals surface area (Å²) < 4.78 is 42.9. The smallest absolute Gasteiger partial charge is 0.416 e. The van der Waals surface area contributed by atoms with E-state index in [0.717, 1.165) is 30.0 Å². The van der Waals surface area contributed by atoms with Crippen LogP contribution in [0.3, 0.4) is 0 Å². The monoisotopic (exact) mass is 524 g/mol. The van der Waals surface area contributed by atoms with E-state index in [2.05, 4.69) is 20.9 Å². The molecule has 0 bridgehead atoms. The van der Waals surface area contributed by atoms with Gasteiger partial charge in [-0.3, -0.25) is 9.79 Å². The second-order valence-electron chi connectivity index (χ2n) is 5.85. The topological polar surface area (TPSA) is 78.7 Å². The van der Waals surface area contributed by atoms with Crippen LogP contribution in [0.25, 0.3) is 0 Å². The molecular formula is C19H24F3IN4O2. The molecule has 0 saturated carbocycles. The van der Waals surface area contributed by atoms with Gasteiger partial charge in [0.15, 0.2) is 5.96 Å². The van der Waals surface area contributed by atoms with Crippen molar-refractivity contribution in [3.63, 3.8) is 0 Å². The minimum absolute atomic E-state index is 0. The van der Waals surface area contributed by atoms with Gasteiger partial charge in [-0.2, -0.15) is 13.2 Å². The highest BCUT2D eigenvalue weighted by Gasteiger charge is 2.30. The van der Waals surface area contributed by atoms with Gasteiger partial charge in [0.25, 0.3) is 5.91 Å². The summed E-state index contributed by atoms with van der Waals surface area (Å²) >= 11 is 0. The fraction of sp³-hybridized carbons (Fsp3) is 0.368. The standard InChI is InChI=1S/C19H23F3N4O2.HI/c1-2-23-18(25-10-9-16-4-3-13-28-16)26-12-11-24-17(27)14-5-7-15(8-6-14)19(20,21)22;/h3-8,13H,2,9-12H2,1H3,(H,24,27)(H2,23,25,26);1H. The molecule has 10 heteroatoms. The third-order valence-corrected chi connectivity index (χ3v) is 3.73. The fourth-order valence-electron chi connectivity index (χ4n) is 2.34. The van der Waals surface area contributed by atoms with Crippen molar-refractivity contribution in [3.05, 3.63) is 59.5 Å². The van der Waals surface area contributed by atoms with Crippen LogP contribution in [0, 0.1) is 0 Å². The lowest BCUT2D eigenvalue weighted by Gasteiger charge is -2.12. The lowest BCUT2D eigenvalue weighted by atomic mass is 10.1. The van der Waals surface area contributed by atoms with Crippen LogP contribution in [-0.2, 0) is 12.6 Å². The molecule has 3 N–H and O–H groups in total. The van der Waals surface area contributed by atoms with Crippen molar-refractivity contribution in [2.24, 2.45) is 4.99 Å². The van der Waals surface area contributed by atoms with Gasteiger partial charge in [-0.15, -0.1) is 24.0 Å². The number of hydrogen-bond donors (Lipinski definition) is 3. The first-order chi connectivity index (χ1) is 13.4. The molecule has 1 aromatic carbocycles. The fourth-order valence-corrected chi connectivity index (χ4v) is 2.34. The molecule has 1 amide bonds. The van der Waals surface area contributed by atoms with Crippen molar-refractivity contribution in [3.8, 4) is 0 Å². The number of carbonyl (C=O) groups excluding carboxylic acids is 1. The second kappa shape index (κ2) is 12.3. The highest BCUT2D eigenvalue weighted by molar-refractivity contribution is 14.0. The predicted molar refractivity (Wildman–Crippen MR) is 116 cm³/mol. The zero-order chi connectivity index (χ0) is 20.4. The molecule has 6 nitrogen and oxygen atoms in total. The summed E-state index contributed by atoms with van der Waals surface area (Å²) in [6, 6.07) is 7.80. The Morgan fingerprint density at radius 3 is 2.34 bits per heavy atom. The first-order valence-electron chi connectivity index (χ1n) is 8.90. The zero-order valence-electron chi connectivity index (χ0n) is 15.9. The van der Waals surface area contributed by atoms with Crippen LogP contribution >= 0.6 is 24.0 Å². The third-order valence-electron chi connectivity index (χ3n) is 3.73. The number of nitrogens with one attached hydrogen (secondary N) is 3. The summed E-state index contributed by atoms with van der Waals surface area (Å²) in [5.41, 5.74) is -0.612. The third kappa shape index (κ3) is 8.75. The molecule has 0 radical (unpaired) electrons. The van der Waals surface area contributed by atoms with Gasteiger partial charge in [0.2, 0.25) is 0 Å². The zero-order valence-corrected chi connectivity index (χ0v) is 18.2. The molecule has 0 fully saturated rings. The average molecular weight is 524 g/mol. The summed E-state index contributed by atoms with van der Waals surface area (Å²) in [5, 5.41) is 8.83. The number of benzene rings is 1. The van der Waals surface area contributed by atoms with Crippen LogP contribution in [0.4, 0.5) is 13.2 Å². The number of hydrogen-bond acceptors (Lipinski definition) is 3. The maximum Gasteiger partial charge on any atom is 0.416 e. The van der Waals surface area contributed by atoms with E-state index in [0.29, 0.717) is 38.6 Å². The van der Waals surface area contributed by atoms with E-state index in [1.54, 1.807) is 6.26 Å². The number of aliphatic imine (C=N–C) groups is 1. The Balaban J connectivity index is 0.00000420. The number of halogens is 4. The SMILES string of the molecule is CCNC(=NCCc1ccco1)NCCNC(=O)c1ccc(C(F)(F)F)cc1.I. The van der Waals surface area contributed by atoms with E-state index in [-0.39, 0.29) is 29.5 Å². The lowest BCUT2D eigenvalue weighted by Crippen LogP contribution is -2.41. The molecule has 0 saturated heterocycles. The number of carbonyl (C=O) groups is 1. The maximum absolute atomic E-state index is 12.5. The predicted octanol–water partition coefficient (Wildman–Crippen LogP) is 3.44. The molecule has 1 heterocycles. The molecule has 1 aromatic heterocycles. The van der Waals surface area contributed by atoms with Crippen LogP contribution in [0.15, 0.2) is 52.1 Å². The van der Waals surface area contributed by atoms with Gasteiger partial charge >= 0.3 is 6.18 Å². The van der Waals surface area contributed by atoms with Crippen molar-refractivity contribution in [1.82, 2.24) is 16.0 Å². The van der Waals surface area contributed by atoms with Gasteiger partial charge in [0.1, 0.15) is 5.76 Å². The molecular weight excluding hydrogens is 500 g/mol. The number of nitrogens with zero attached hydrogens (tertiary/aromatic N) is 1. The summed E-state index contributed by atoms with van der Waals surface area (Å²) in [4.78, 5) is 16.4. The minimum atomic E-state index is -4.42. The Morgan fingerprint density at radius 1 is 1.07 bits per heavy atom. The largest absolute Gasteiger partial charge is 0.469 e. The van der Waals surface area contributed by atoms with Gasteiger partial charge in [0, 0.05) is 38.2 Å². The first-order valence-corrected chi connectivity index (χ1v) is 8.90. The number of rotatable bonds is 8. The van der Waals surface area contributed by atoms with Gasteiger partial charge < -0.3 is 20.4 Å². The van der Waals surface area contributed by atoms with Gasteiger partial charge in [0.05, 0.1) is 11.8 Å². The highest BCUT2D eigenvalue weighted by atomic mass is 127. The Morgan fingerprint density at radius 2 is 1.76 bits per heavy atom. The average Bonchev–Trinajstić information content (AvgIpc) is 3.18. The molecule has 0 spiro atoms. The van der Waals surface area contributed by atoms with Gasteiger partial charge in [-0.05, 0) is 43.3 Å². The molecule has 0 unspecified atom stereocenters. The Kier molecular flexibility index (Phi) is 10.6. The summed E-state index contributed by atoms with van der Waals surface area (Å²) in [7, 11) is 0. The van der Waals surface area contributed by atoms with E-state index in [4.69, 9.17) is 4.42 Å². The number of furan rings is 1. The normalized spacial score (nSPS) is 11.5. The molecule has 29 heavy (non-hydrogen) atoms. The van der Waals surface area contributed by atoms with Crippen LogP contribution in [0.2, 0.25) is 0 Å². The molecule has 2 rings (SSSR count). The first kappa shape index (κ1) is 24.8. The highest BCUT2D eigenvalue weighted by Crippen LogP contribution is 2.29. The maximum atomic E-state index is 12.5. The molecule has 2 aromatic rings. The molecule has 0 aliphatic rings. The summed E-state index contributed by atoms with van der Waals surface area (Å²) in [6.45, 7) is 3.88. The van der Waals surface area contributed by atoms with E-state index < -0.39 is 17.6 Å². The lowest BCUT2D eigenvalue weighted by molar-refractivity contribution is -0.137. The van der Waals surface area contributed by atoms with E-state index in [1.165, 1.54) is 0 Å². The Labute approximate surface area is 184 Å². The van der Waals surface area contributed by atoms with E-state index in [1.807, 2.05) is 19.1 Å². The van der Waals surface area contributed by atoms with Crippen molar-refractivity contribution in [2.45, 2.75) is 19.5 Å². The number of guanidine groups is 1. The van der Waals surface area contributed by atoms with Crippen molar-refractivity contribution >= 4 is 35.8 Å². The number of alkyl halides is 3. The molecule has 0 aliphatic carbocycles. The van der Waals surface area contributed by atoms with Crippen molar-refractivity contribution in [1.29, 1.82) is 0 Å².